The predicted octanol–water partition coefficient (Wildman–Crippen LogP) is 5.11. The minimum absolute atomic E-state index is 0.728. The minimum Gasteiger partial charge on any atom is -0.352 e. The summed E-state index contributed by atoms with van der Waals surface area (Å²) in [6.45, 7) is 1.08. The summed E-state index contributed by atoms with van der Waals surface area (Å²) < 4.78 is 2.51. The second kappa shape index (κ2) is 4.70. The standard InChI is InChI=1S/C17H18BrIN2/c18-12-6-15(19)14-8-21-13-4-9-1-10(5-13)3-11(2-9)17(21)20-16(14)7-12/h6-7,9-11,13H,1-5,8H2/t9-,10-,11?,13?/m0/s1. The van der Waals surface area contributed by atoms with Gasteiger partial charge in [-0.2, -0.15) is 0 Å². The Morgan fingerprint density at radius 3 is 2.62 bits per heavy atom. The number of benzene rings is 1. The highest BCUT2D eigenvalue weighted by Gasteiger charge is 2.46. The maximum atomic E-state index is 5.15. The number of fused-ring (bicyclic) bond motifs is 1. The number of aliphatic imine (C=N–C) groups is 1. The molecule has 5 aliphatic rings. The summed E-state index contributed by atoms with van der Waals surface area (Å²) in [5.74, 6) is 4.08. The van der Waals surface area contributed by atoms with Gasteiger partial charge in [0, 0.05) is 32.1 Å². The fourth-order valence-corrected chi connectivity index (χ4v) is 6.86. The van der Waals surface area contributed by atoms with E-state index in [9.17, 15) is 0 Å². The molecule has 4 heteroatoms. The Labute approximate surface area is 147 Å². The van der Waals surface area contributed by atoms with Crippen molar-refractivity contribution in [1.29, 1.82) is 0 Å². The SMILES string of the molecule is Brc1cc(I)c2c(c1)N=C1C3C[C@H]4CC(C[C@H](C3)C4)N1C2. The summed E-state index contributed by atoms with van der Waals surface area (Å²) in [6.07, 6.45) is 7.10. The number of hydrogen-bond acceptors (Lipinski definition) is 2. The van der Waals surface area contributed by atoms with Crippen LogP contribution in [-0.4, -0.2) is 16.8 Å². The molecule has 2 atom stereocenters. The Hall–Kier alpha value is -0.100. The van der Waals surface area contributed by atoms with E-state index in [0.717, 1.165) is 34.8 Å². The smallest absolute Gasteiger partial charge is 0.108 e. The van der Waals surface area contributed by atoms with Crippen molar-refractivity contribution in [2.45, 2.75) is 44.7 Å². The number of rotatable bonds is 0. The summed E-state index contributed by atoms with van der Waals surface area (Å²) in [5, 5.41) is 0. The minimum atomic E-state index is 0.728. The highest BCUT2D eigenvalue weighted by molar-refractivity contribution is 14.1. The maximum Gasteiger partial charge on any atom is 0.108 e. The van der Waals surface area contributed by atoms with Crippen LogP contribution in [0.1, 0.15) is 37.7 Å². The van der Waals surface area contributed by atoms with Crippen LogP contribution in [-0.2, 0) is 6.54 Å². The van der Waals surface area contributed by atoms with E-state index in [0.29, 0.717) is 0 Å². The van der Waals surface area contributed by atoms with Crippen LogP contribution in [0.4, 0.5) is 5.69 Å². The molecule has 110 valence electrons. The van der Waals surface area contributed by atoms with Crippen molar-refractivity contribution in [2.24, 2.45) is 22.7 Å². The fourth-order valence-electron chi connectivity index (χ4n) is 5.21. The largest absolute Gasteiger partial charge is 0.352 e. The highest BCUT2D eigenvalue weighted by Crippen LogP contribution is 2.50. The summed E-state index contributed by atoms with van der Waals surface area (Å²) in [6, 6.07) is 5.19. The van der Waals surface area contributed by atoms with Crippen molar-refractivity contribution in [1.82, 2.24) is 4.90 Å². The molecular formula is C17H18BrIN2. The van der Waals surface area contributed by atoms with Gasteiger partial charge in [0.2, 0.25) is 0 Å². The van der Waals surface area contributed by atoms with Gasteiger partial charge in [-0.15, -0.1) is 0 Å². The molecule has 0 amide bonds. The van der Waals surface area contributed by atoms with Gasteiger partial charge in [-0.25, -0.2) is 4.99 Å². The first-order chi connectivity index (χ1) is 10.2. The lowest BCUT2D eigenvalue weighted by Crippen LogP contribution is -2.42. The van der Waals surface area contributed by atoms with Crippen molar-refractivity contribution in [2.75, 3.05) is 0 Å². The number of nitrogens with zero attached hydrogens (tertiary/aromatic N) is 2. The third kappa shape index (κ3) is 2.04. The van der Waals surface area contributed by atoms with Gasteiger partial charge in [0.25, 0.3) is 0 Å². The van der Waals surface area contributed by atoms with E-state index < -0.39 is 0 Å². The fraction of sp³-hybridized carbons (Fsp3) is 0.588. The predicted molar refractivity (Wildman–Crippen MR) is 96.8 cm³/mol. The van der Waals surface area contributed by atoms with E-state index in [4.69, 9.17) is 4.99 Å². The molecule has 3 heterocycles. The lowest BCUT2D eigenvalue weighted by molar-refractivity contribution is 0.128. The second-order valence-electron chi connectivity index (χ2n) is 7.24. The normalized spacial score (nSPS) is 36.1. The molecule has 6 rings (SSSR count). The lowest BCUT2D eigenvalue weighted by Gasteiger charge is -2.39. The van der Waals surface area contributed by atoms with Crippen LogP contribution in [0, 0.1) is 21.3 Å². The van der Waals surface area contributed by atoms with E-state index in [1.54, 1.807) is 0 Å². The summed E-state index contributed by atoms with van der Waals surface area (Å²) in [5.41, 5.74) is 2.64. The molecule has 2 nitrogen and oxygen atoms in total. The first kappa shape index (κ1) is 13.3. The highest BCUT2D eigenvalue weighted by atomic mass is 127. The number of hydrogen-bond donors (Lipinski definition) is 0. The van der Waals surface area contributed by atoms with E-state index in [1.165, 1.54) is 52.8 Å². The average molecular weight is 457 g/mol. The maximum absolute atomic E-state index is 5.15. The molecule has 4 bridgehead atoms. The van der Waals surface area contributed by atoms with Crippen molar-refractivity contribution in [3.63, 3.8) is 0 Å². The van der Waals surface area contributed by atoms with Crippen LogP contribution in [0.3, 0.4) is 0 Å². The Kier molecular flexibility index (Phi) is 2.99. The molecule has 3 aliphatic heterocycles. The van der Waals surface area contributed by atoms with Gasteiger partial charge in [0.1, 0.15) is 5.84 Å². The van der Waals surface area contributed by atoms with Gasteiger partial charge in [0.15, 0.2) is 0 Å². The van der Waals surface area contributed by atoms with Gasteiger partial charge in [-0.3, -0.25) is 0 Å². The van der Waals surface area contributed by atoms with Crippen molar-refractivity contribution < 1.29 is 0 Å². The summed E-state index contributed by atoms with van der Waals surface area (Å²) in [7, 11) is 0. The zero-order valence-electron chi connectivity index (χ0n) is 11.9. The molecule has 0 unspecified atom stereocenters. The van der Waals surface area contributed by atoms with Gasteiger partial charge in [0.05, 0.1) is 5.69 Å². The quantitative estimate of drug-likeness (QED) is 0.495. The van der Waals surface area contributed by atoms with Gasteiger partial charge in [-0.1, -0.05) is 15.9 Å². The first-order valence-corrected chi connectivity index (χ1v) is 9.87. The average Bonchev–Trinajstić information content (AvgIpc) is 2.59. The van der Waals surface area contributed by atoms with Crippen LogP contribution < -0.4 is 0 Å². The van der Waals surface area contributed by atoms with E-state index >= 15 is 0 Å². The van der Waals surface area contributed by atoms with Crippen LogP contribution in [0.25, 0.3) is 0 Å². The molecule has 4 fully saturated rings. The third-order valence-electron chi connectivity index (χ3n) is 5.91. The number of amidine groups is 1. The van der Waals surface area contributed by atoms with Gasteiger partial charge >= 0.3 is 0 Å². The summed E-state index contributed by atoms with van der Waals surface area (Å²) in [4.78, 5) is 7.84. The zero-order valence-corrected chi connectivity index (χ0v) is 15.6. The Balaban J connectivity index is 1.66. The lowest BCUT2D eigenvalue weighted by atomic mass is 9.68. The van der Waals surface area contributed by atoms with Crippen LogP contribution >= 0.6 is 38.5 Å². The molecule has 0 radical (unpaired) electrons. The molecule has 2 aliphatic carbocycles. The summed E-state index contributed by atoms with van der Waals surface area (Å²) >= 11 is 6.10. The van der Waals surface area contributed by atoms with Crippen molar-refractivity contribution in [3.05, 3.63) is 25.7 Å². The van der Waals surface area contributed by atoms with Crippen LogP contribution in [0.15, 0.2) is 21.6 Å². The van der Waals surface area contributed by atoms with E-state index in [1.807, 2.05) is 0 Å². The molecule has 1 aromatic carbocycles. The van der Waals surface area contributed by atoms with Gasteiger partial charge < -0.3 is 4.90 Å². The Bertz CT molecular complexity index is 642. The molecule has 0 spiro atoms. The molecule has 1 aromatic rings. The Morgan fingerprint density at radius 2 is 1.86 bits per heavy atom. The molecule has 0 aromatic heterocycles. The third-order valence-corrected chi connectivity index (χ3v) is 7.33. The molecule has 0 N–H and O–H groups in total. The Morgan fingerprint density at radius 1 is 1.10 bits per heavy atom. The molecule has 21 heavy (non-hydrogen) atoms. The molecule has 2 saturated heterocycles. The van der Waals surface area contributed by atoms with E-state index in [-0.39, 0.29) is 0 Å². The van der Waals surface area contributed by atoms with Crippen molar-refractivity contribution in [3.8, 4) is 0 Å². The van der Waals surface area contributed by atoms with E-state index in [2.05, 4.69) is 55.6 Å². The van der Waals surface area contributed by atoms with Crippen LogP contribution in [0.2, 0.25) is 0 Å². The van der Waals surface area contributed by atoms with Gasteiger partial charge in [-0.05, 0) is 78.7 Å². The van der Waals surface area contributed by atoms with Crippen molar-refractivity contribution >= 4 is 50.0 Å². The topological polar surface area (TPSA) is 15.6 Å². The molecular weight excluding hydrogens is 439 g/mol. The monoisotopic (exact) mass is 456 g/mol. The van der Waals surface area contributed by atoms with Crippen LogP contribution in [0.5, 0.6) is 0 Å². The second-order valence-corrected chi connectivity index (χ2v) is 9.32. The molecule has 2 saturated carbocycles. The number of halogens is 2. The zero-order chi connectivity index (χ0) is 14.1. The first-order valence-electron chi connectivity index (χ1n) is 8.00.